The molecular formula is C8H18N2O2S. The van der Waals surface area contributed by atoms with Gasteiger partial charge >= 0.3 is 0 Å². The van der Waals surface area contributed by atoms with Crippen LogP contribution in [0.1, 0.15) is 32.1 Å². The van der Waals surface area contributed by atoms with Gasteiger partial charge in [-0.1, -0.05) is 19.3 Å². The lowest BCUT2D eigenvalue weighted by molar-refractivity contribution is 0.260. The molecule has 0 aliphatic heterocycles. The van der Waals surface area contributed by atoms with Crippen molar-refractivity contribution in [2.45, 2.75) is 37.6 Å². The van der Waals surface area contributed by atoms with Gasteiger partial charge < -0.3 is 0 Å². The fourth-order valence-electron chi connectivity index (χ4n) is 2.06. The van der Waals surface area contributed by atoms with Crippen LogP contribution < -0.4 is 11.3 Å². The highest BCUT2D eigenvalue weighted by atomic mass is 32.2. The third-order valence-corrected chi connectivity index (χ3v) is 3.73. The number of nitrogens with two attached hydrogens (primary N) is 1. The Labute approximate surface area is 79.8 Å². The first-order valence-corrected chi connectivity index (χ1v) is 6.69. The molecule has 0 amide bonds. The molecule has 0 aromatic rings. The Hall–Kier alpha value is -0.130. The summed E-state index contributed by atoms with van der Waals surface area (Å²) >= 11 is 0. The van der Waals surface area contributed by atoms with Crippen LogP contribution in [-0.4, -0.2) is 26.0 Å². The van der Waals surface area contributed by atoms with Crippen LogP contribution in [0.2, 0.25) is 0 Å². The molecule has 0 heterocycles. The highest BCUT2D eigenvalue weighted by molar-refractivity contribution is 7.90. The van der Waals surface area contributed by atoms with Crippen molar-refractivity contribution in [2.24, 2.45) is 5.84 Å². The molecule has 0 radical (unpaired) electrons. The number of hydrogen-bond acceptors (Lipinski definition) is 4. The first kappa shape index (κ1) is 10.9. The van der Waals surface area contributed by atoms with E-state index in [9.17, 15) is 8.42 Å². The summed E-state index contributed by atoms with van der Waals surface area (Å²) in [4.78, 5) is 0. The lowest BCUT2D eigenvalue weighted by Gasteiger charge is -2.35. The average molecular weight is 206 g/mol. The van der Waals surface area contributed by atoms with E-state index in [4.69, 9.17) is 5.84 Å². The second-order valence-electron chi connectivity index (χ2n) is 4.06. The molecule has 1 rings (SSSR count). The third kappa shape index (κ3) is 3.25. The van der Waals surface area contributed by atoms with Crippen molar-refractivity contribution in [3.63, 3.8) is 0 Å². The van der Waals surface area contributed by atoms with Gasteiger partial charge in [0.1, 0.15) is 9.84 Å². The standard InChI is InChI=1S/C8H18N2O2S/c1-13(11,12)7-8(10-9)5-3-2-4-6-8/h10H,2-7,9H2,1H3. The Bertz CT molecular complexity index is 255. The van der Waals surface area contributed by atoms with Crippen molar-refractivity contribution in [3.05, 3.63) is 0 Å². The fraction of sp³-hybridized carbons (Fsp3) is 1.00. The van der Waals surface area contributed by atoms with Gasteiger partial charge in [0.15, 0.2) is 0 Å². The van der Waals surface area contributed by atoms with Gasteiger partial charge in [0, 0.05) is 11.8 Å². The Morgan fingerprint density at radius 3 is 2.23 bits per heavy atom. The van der Waals surface area contributed by atoms with Gasteiger partial charge in [-0.3, -0.25) is 11.3 Å². The van der Waals surface area contributed by atoms with E-state index < -0.39 is 9.84 Å². The van der Waals surface area contributed by atoms with E-state index >= 15 is 0 Å². The molecule has 13 heavy (non-hydrogen) atoms. The van der Waals surface area contributed by atoms with Gasteiger partial charge in [0.2, 0.25) is 0 Å². The van der Waals surface area contributed by atoms with Crippen molar-refractivity contribution in [3.8, 4) is 0 Å². The van der Waals surface area contributed by atoms with Crippen molar-refractivity contribution < 1.29 is 8.42 Å². The van der Waals surface area contributed by atoms with E-state index in [1.165, 1.54) is 12.7 Å². The highest BCUT2D eigenvalue weighted by Gasteiger charge is 2.33. The van der Waals surface area contributed by atoms with Crippen LogP contribution in [0.5, 0.6) is 0 Å². The van der Waals surface area contributed by atoms with E-state index in [1.54, 1.807) is 0 Å². The van der Waals surface area contributed by atoms with Crippen LogP contribution in [0.25, 0.3) is 0 Å². The molecule has 78 valence electrons. The number of rotatable bonds is 3. The SMILES string of the molecule is CS(=O)(=O)CC1(NN)CCCCC1. The Kier molecular flexibility index (Phi) is 3.32. The van der Waals surface area contributed by atoms with Crippen molar-refractivity contribution >= 4 is 9.84 Å². The largest absolute Gasteiger partial charge is 0.271 e. The summed E-state index contributed by atoms with van der Waals surface area (Å²) in [5.74, 6) is 5.59. The minimum absolute atomic E-state index is 0.163. The Morgan fingerprint density at radius 1 is 1.31 bits per heavy atom. The maximum Gasteiger partial charge on any atom is 0.149 e. The zero-order valence-corrected chi connectivity index (χ0v) is 8.86. The van der Waals surface area contributed by atoms with Crippen molar-refractivity contribution in [1.82, 2.24) is 5.43 Å². The maximum atomic E-state index is 11.2. The molecular weight excluding hydrogens is 188 g/mol. The minimum atomic E-state index is -2.94. The van der Waals surface area contributed by atoms with Gasteiger partial charge in [-0.15, -0.1) is 0 Å². The topological polar surface area (TPSA) is 72.2 Å². The second-order valence-corrected chi connectivity index (χ2v) is 6.20. The molecule has 1 aliphatic carbocycles. The van der Waals surface area contributed by atoms with Gasteiger partial charge in [-0.05, 0) is 12.8 Å². The summed E-state index contributed by atoms with van der Waals surface area (Å²) in [7, 11) is -2.94. The molecule has 1 saturated carbocycles. The summed E-state index contributed by atoms with van der Waals surface area (Å²) in [6.45, 7) is 0. The van der Waals surface area contributed by atoms with Crippen LogP contribution in [0.15, 0.2) is 0 Å². The van der Waals surface area contributed by atoms with Crippen LogP contribution in [0.4, 0.5) is 0 Å². The number of hydrogen-bond donors (Lipinski definition) is 2. The molecule has 5 heteroatoms. The molecule has 0 unspecified atom stereocenters. The Balaban J connectivity index is 2.68. The first-order chi connectivity index (χ1) is 5.97. The fourth-order valence-corrected chi connectivity index (χ4v) is 3.44. The quantitative estimate of drug-likeness (QED) is 0.511. The van der Waals surface area contributed by atoms with Gasteiger partial charge in [0.25, 0.3) is 0 Å². The van der Waals surface area contributed by atoms with Gasteiger partial charge in [0.05, 0.1) is 5.75 Å². The lowest BCUT2D eigenvalue weighted by Crippen LogP contribution is -2.54. The average Bonchev–Trinajstić information content (AvgIpc) is 2.03. The normalized spacial score (nSPS) is 22.9. The predicted octanol–water partition coefficient (Wildman–Crippen LogP) is 0.197. The highest BCUT2D eigenvalue weighted by Crippen LogP contribution is 2.28. The number of sulfone groups is 1. The zero-order chi connectivity index (χ0) is 9.95. The molecule has 0 saturated heterocycles. The summed E-state index contributed by atoms with van der Waals surface area (Å²) in [5.41, 5.74) is 2.34. The first-order valence-electron chi connectivity index (χ1n) is 4.63. The molecule has 3 N–H and O–H groups in total. The molecule has 1 aliphatic rings. The molecule has 4 nitrogen and oxygen atoms in total. The second kappa shape index (κ2) is 3.94. The Morgan fingerprint density at radius 2 is 1.85 bits per heavy atom. The summed E-state index contributed by atoms with van der Waals surface area (Å²) in [5, 5.41) is 0. The summed E-state index contributed by atoms with van der Waals surface area (Å²) in [6.07, 6.45) is 6.33. The third-order valence-electron chi connectivity index (χ3n) is 2.66. The van der Waals surface area contributed by atoms with Crippen molar-refractivity contribution in [1.29, 1.82) is 0 Å². The molecule has 0 atom stereocenters. The summed E-state index contributed by atoms with van der Waals surface area (Å²) in [6, 6.07) is 0. The lowest BCUT2D eigenvalue weighted by atomic mass is 9.84. The monoisotopic (exact) mass is 206 g/mol. The van der Waals surface area contributed by atoms with Crippen molar-refractivity contribution in [2.75, 3.05) is 12.0 Å². The number of nitrogens with one attached hydrogen (secondary N) is 1. The van der Waals surface area contributed by atoms with E-state index in [0.717, 1.165) is 25.7 Å². The zero-order valence-electron chi connectivity index (χ0n) is 8.04. The van der Waals surface area contributed by atoms with Gasteiger partial charge in [-0.2, -0.15) is 0 Å². The van der Waals surface area contributed by atoms with E-state index in [-0.39, 0.29) is 11.3 Å². The summed E-state index contributed by atoms with van der Waals surface area (Å²) < 4.78 is 22.3. The molecule has 0 aromatic carbocycles. The van der Waals surface area contributed by atoms with Crippen LogP contribution in [-0.2, 0) is 9.84 Å². The predicted molar refractivity (Wildman–Crippen MR) is 52.8 cm³/mol. The molecule has 0 aromatic heterocycles. The van der Waals surface area contributed by atoms with Crippen LogP contribution in [0.3, 0.4) is 0 Å². The minimum Gasteiger partial charge on any atom is -0.271 e. The maximum absolute atomic E-state index is 11.2. The van der Waals surface area contributed by atoms with E-state index in [2.05, 4.69) is 5.43 Å². The van der Waals surface area contributed by atoms with Gasteiger partial charge in [-0.25, -0.2) is 8.42 Å². The molecule has 0 bridgehead atoms. The van der Waals surface area contributed by atoms with E-state index in [0.29, 0.717) is 0 Å². The van der Waals surface area contributed by atoms with Crippen LogP contribution in [0, 0.1) is 0 Å². The molecule has 0 spiro atoms. The number of hydrazine groups is 1. The molecule has 1 fully saturated rings. The van der Waals surface area contributed by atoms with E-state index in [1.807, 2.05) is 0 Å². The smallest absolute Gasteiger partial charge is 0.149 e. The van der Waals surface area contributed by atoms with Crippen LogP contribution >= 0.6 is 0 Å².